The number of rotatable bonds is 30. The first-order valence-electron chi connectivity index (χ1n) is 15.6. The lowest BCUT2D eigenvalue weighted by Gasteiger charge is -2.04. The third-order valence-corrected chi connectivity index (χ3v) is 8.91. The molecule has 37 heavy (non-hydrogen) atoms. The zero-order valence-electron chi connectivity index (χ0n) is 23.9. The predicted octanol–water partition coefficient (Wildman–Crippen LogP) is 9.29. The molecular formula is C29H60O6S2. The predicted molar refractivity (Wildman–Crippen MR) is 157 cm³/mol. The Labute approximate surface area is 230 Å². The summed E-state index contributed by atoms with van der Waals surface area (Å²) in [7, 11) is -7.54. The van der Waals surface area contributed by atoms with Crippen molar-refractivity contribution in [2.24, 2.45) is 0 Å². The zero-order valence-corrected chi connectivity index (χ0v) is 25.5. The van der Waals surface area contributed by atoms with Gasteiger partial charge in [0.05, 0.1) is 11.5 Å². The molecule has 0 saturated carbocycles. The largest absolute Gasteiger partial charge is 0.286 e. The summed E-state index contributed by atoms with van der Waals surface area (Å²) in [4.78, 5) is 0. The highest BCUT2D eigenvalue weighted by atomic mass is 32.2. The molecule has 0 unspecified atom stereocenters. The molecule has 0 amide bonds. The monoisotopic (exact) mass is 568 g/mol. The summed E-state index contributed by atoms with van der Waals surface area (Å²) in [5.41, 5.74) is 0. The minimum atomic E-state index is -3.77. The van der Waals surface area contributed by atoms with Gasteiger partial charge in [-0.15, -0.1) is 0 Å². The minimum Gasteiger partial charge on any atom is -0.286 e. The molecule has 0 fully saturated rings. The summed E-state index contributed by atoms with van der Waals surface area (Å²) >= 11 is 0. The van der Waals surface area contributed by atoms with E-state index in [9.17, 15) is 16.8 Å². The summed E-state index contributed by atoms with van der Waals surface area (Å²) in [6.07, 6.45) is 33.1. The van der Waals surface area contributed by atoms with Gasteiger partial charge >= 0.3 is 0 Å². The van der Waals surface area contributed by atoms with Crippen LogP contribution >= 0.6 is 0 Å². The molecular weight excluding hydrogens is 508 g/mol. The molecule has 0 aromatic heterocycles. The van der Waals surface area contributed by atoms with Crippen molar-refractivity contribution in [3.63, 3.8) is 0 Å². The number of hydrogen-bond acceptors (Lipinski definition) is 4. The molecule has 0 spiro atoms. The van der Waals surface area contributed by atoms with Crippen molar-refractivity contribution >= 4 is 20.2 Å². The van der Waals surface area contributed by atoms with Crippen molar-refractivity contribution in [2.45, 2.75) is 173 Å². The Bertz CT molecular complexity index is 619. The van der Waals surface area contributed by atoms with Crippen LogP contribution in [0.4, 0.5) is 0 Å². The summed E-state index contributed by atoms with van der Waals surface area (Å²) in [6.45, 7) is 0. The molecule has 0 radical (unpaired) electrons. The molecule has 0 rings (SSSR count). The van der Waals surface area contributed by atoms with E-state index in [1.807, 2.05) is 0 Å². The molecule has 0 aromatic rings. The number of hydrogen-bond donors (Lipinski definition) is 2. The molecule has 224 valence electrons. The maximum atomic E-state index is 10.6. The smallest absolute Gasteiger partial charge is 0.264 e. The van der Waals surface area contributed by atoms with Gasteiger partial charge in [-0.1, -0.05) is 161 Å². The second-order valence-electron chi connectivity index (χ2n) is 11.1. The third-order valence-electron chi connectivity index (χ3n) is 7.30. The van der Waals surface area contributed by atoms with Gasteiger partial charge in [0.15, 0.2) is 0 Å². The van der Waals surface area contributed by atoms with Crippen LogP contribution in [0.15, 0.2) is 0 Å². The summed E-state index contributed by atoms with van der Waals surface area (Å²) in [6, 6.07) is 0. The van der Waals surface area contributed by atoms with Gasteiger partial charge in [-0.05, 0) is 12.8 Å². The van der Waals surface area contributed by atoms with Crippen molar-refractivity contribution in [1.82, 2.24) is 0 Å². The minimum absolute atomic E-state index is 0.0919. The van der Waals surface area contributed by atoms with Gasteiger partial charge in [-0.25, -0.2) is 0 Å². The first-order chi connectivity index (χ1) is 17.7. The molecule has 0 heterocycles. The van der Waals surface area contributed by atoms with Gasteiger partial charge in [0.25, 0.3) is 20.2 Å². The standard InChI is InChI=1S/C29H60O6S2/c30-36(31,32)28-26-24-22-20-18-16-14-12-10-8-6-4-2-1-3-5-7-9-11-13-15-17-19-21-23-25-27-29-37(33,34)35/h1-29H2,(H,30,31,32)(H,33,34,35). The third kappa shape index (κ3) is 35.8. The second-order valence-corrected chi connectivity index (χ2v) is 14.3. The van der Waals surface area contributed by atoms with Gasteiger partial charge in [0.1, 0.15) is 0 Å². The molecule has 6 nitrogen and oxygen atoms in total. The lowest BCUT2D eigenvalue weighted by molar-refractivity contribution is 0.476. The Morgan fingerprint density at radius 1 is 0.243 bits per heavy atom. The highest BCUT2D eigenvalue weighted by molar-refractivity contribution is 7.86. The average molecular weight is 569 g/mol. The van der Waals surface area contributed by atoms with Crippen LogP contribution < -0.4 is 0 Å². The van der Waals surface area contributed by atoms with E-state index in [4.69, 9.17) is 9.11 Å². The van der Waals surface area contributed by atoms with E-state index in [0.29, 0.717) is 12.8 Å². The SMILES string of the molecule is O=S(=O)(O)CCCCCCCCCCCCCCCCCCCCCCCCCCCCCS(=O)(=O)O. The first-order valence-corrected chi connectivity index (χ1v) is 18.8. The molecule has 2 N–H and O–H groups in total. The molecule has 0 aliphatic heterocycles. The fourth-order valence-corrected chi connectivity index (χ4v) is 6.13. The Morgan fingerprint density at radius 2 is 0.351 bits per heavy atom. The quantitative estimate of drug-likeness (QED) is 0.0660. The second kappa shape index (κ2) is 26.1. The Balaban J connectivity index is 3.09. The van der Waals surface area contributed by atoms with E-state index in [2.05, 4.69) is 0 Å². The van der Waals surface area contributed by atoms with E-state index in [1.165, 1.54) is 135 Å². The van der Waals surface area contributed by atoms with Crippen molar-refractivity contribution in [3.05, 3.63) is 0 Å². The molecule has 0 aliphatic carbocycles. The van der Waals surface area contributed by atoms with Crippen LogP contribution in [-0.2, 0) is 20.2 Å². The zero-order chi connectivity index (χ0) is 27.5. The summed E-state index contributed by atoms with van der Waals surface area (Å²) < 4.78 is 59.9. The van der Waals surface area contributed by atoms with Crippen LogP contribution in [0.25, 0.3) is 0 Å². The molecule has 0 aliphatic rings. The Morgan fingerprint density at radius 3 is 0.459 bits per heavy atom. The van der Waals surface area contributed by atoms with Crippen LogP contribution in [0.5, 0.6) is 0 Å². The fourth-order valence-electron chi connectivity index (χ4n) is 4.99. The van der Waals surface area contributed by atoms with Crippen molar-refractivity contribution in [3.8, 4) is 0 Å². The summed E-state index contributed by atoms with van der Waals surface area (Å²) in [5, 5.41) is 0. The highest BCUT2D eigenvalue weighted by Crippen LogP contribution is 2.16. The van der Waals surface area contributed by atoms with E-state index in [1.54, 1.807) is 0 Å². The van der Waals surface area contributed by atoms with E-state index >= 15 is 0 Å². The first kappa shape index (κ1) is 36.8. The van der Waals surface area contributed by atoms with E-state index in [-0.39, 0.29) is 11.5 Å². The Hall–Kier alpha value is -0.180. The van der Waals surface area contributed by atoms with Gasteiger partial charge in [-0.2, -0.15) is 16.8 Å². The van der Waals surface area contributed by atoms with Gasteiger partial charge < -0.3 is 0 Å². The molecule has 8 heteroatoms. The molecule has 0 bridgehead atoms. The van der Waals surface area contributed by atoms with Crippen molar-refractivity contribution in [2.75, 3.05) is 11.5 Å². The van der Waals surface area contributed by atoms with Gasteiger partial charge in [0.2, 0.25) is 0 Å². The van der Waals surface area contributed by atoms with Gasteiger partial charge in [-0.3, -0.25) is 9.11 Å². The topological polar surface area (TPSA) is 109 Å². The summed E-state index contributed by atoms with van der Waals surface area (Å²) in [5.74, 6) is -0.184. The van der Waals surface area contributed by atoms with Crippen LogP contribution in [0, 0.1) is 0 Å². The maximum Gasteiger partial charge on any atom is 0.264 e. The number of unbranched alkanes of at least 4 members (excludes halogenated alkanes) is 26. The normalized spacial score (nSPS) is 12.4. The van der Waals surface area contributed by atoms with E-state index in [0.717, 1.165) is 25.7 Å². The van der Waals surface area contributed by atoms with E-state index < -0.39 is 20.2 Å². The lowest BCUT2D eigenvalue weighted by atomic mass is 10.0. The van der Waals surface area contributed by atoms with Crippen LogP contribution in [0.3, 0.4) is 0 Å². The van der Waals surface area contributed by atoms with Crippen molar-refractivity contribution in [1.29, 1.82) is 0 Å². The average Bonchev–Trinajstić information content (AvgIpc) is 2.81. The van der Waals surface area contributed by atoms with Crippen LogP contribution in [0.1, 0.15) is 173 Å². The fraction of sp³-hybridized carbons (Fsp3) is 1.00. The van der Waals surface area contributed by atoms with Crippen LogP contribution in [-0.4, -0.2) is 37.4 Å². The lowest BCUT2D eigenvalue weighted by Crippen LogP contribution is -2.03. The molecule has 0 saturated heterocycles. The molecule has 0 aromatic carbocycles. The van der Waals surface area contributed by atoms with Crippen LogP contribution in [0.2, 0.25) is 0 Å². The van der Waals surface area contributed by atoms with Gasteiger partial charge in [0, 0.05) is 0 Å². The molecule has 0 atom stereocenters. The highest BCUT2D eigenvalue weighted by Gasteiger charge is 2.04. The maximum absolute atomic E-state index is 10.6. The van der Waals surface area contributed by atoms with Crippen molar-refractivity contribution < 1.29 is 25.9 Å². The Kier molecular flexibility index (Phi) is 25.9.